The van der Waals surface area contributed by atoms with Crippen LogP contribution in [0.1, 0.15) is 18.9 Å². The number of hydrogen-bond donors (Lipinski definition) is 1. The molecule has 1 N–H and O–H groups in total. The van der Waals surface area contributed by atoms with Crippen LogP contribution in [0.15, 0.2) is 23.4 Å². The molecule has 0 radical (unpaired) electrons. The summed E-state index contributed by atoms with van der Waals surface area (Å²) in [6, 6.07) is 3.89. The Labute approximate surface area is 87.6 Å². The third kappa shape index (κ3) is 3.79. The first-order valence-corrected chi connectivity index (χ1v) is 5.27. The summed E-state index contributed by atoms with van der Waals surface area (Å²) in [5.41, 5.74) is 1.11. The van der Waals surface area contributed by atoms with Crippen LogP contribution in [0.3, 0.4) is 0 Å². The van der Waals surface area contributed by atoms with Gasteiger partial charge in [-0.2, -0.15) is 0 Å². The zero-order valence-corrected chi connectivity index (χ0v) is 9.04. The van der Waals surface area contributed by atoms with Gasteiger partial charge in [0.25, 0.3) is 0 Å². The van der Waals surface area contributed by atoms with E-state index in [-0.39, 0.29) is 11.7 Å². The SMILES string of the molecule is Cc1ccc(SC(C)CC(=O)O)nc1. The molecular formula is C10H13NO2S. The molecule has 1 rings (SSSR count). The van der Waals surface area contributed by atoms with E-state index in [9.17, 15) is 4.79 Å². The first-order chi connectivity index (χ1) is 6.58. The largest absolute Gasteiger partial charge is 0.481 e. The van der Waals surface area contributed by atoms with Gasteiger partial charge in [0.1, 0.15) is 0 Å². The third-order valence-electron chi connectivity index (χ3n) is 1.67. The minimum Gasteiger partial charge on any atom is -0.481 e. The molecule has 0 saturated carbocycles. The molecule has 0 saturated heterocycles. The summed E-state index contributed by atoms with van der Waals surface area (Å²) in [7, 11) is 0. The molecule has 0 fully saturated rings. The van der Waals surface area contributed by atoms with Gasteiger partial charge in [-0.1, -0.05) is 13.0 Å². The van der Waals surface area contributed by atoms with Gasteiger partial charge in [-0.25, -0.2) is 4.98 Å². The molecule has 0 amide bonds. The summed E-state index contributed by atoms with van der Waals surface area (Å²) in [6.07, 6.45) is 1.95. The Hall–Kier alpha value is -1.03. The average Bonchev–Trinajstić information content (AvgIpc) is 2.07. The Morgan fingerprint density at radius 3 is 2.86 bits per heavy atom. The molecule has 1 aromatic heterocycles. The van der Waals surface area contributed by atoms with Crippen molar-refractivity contribution in [3.05, 3.63) is 23.9 Å². The summed E-state index contributed by atoms with van der Waals surface area (Å²) in [6.45, 7) is 3.86. The quantitative estimate of drug-likeness (QED) is 0.777. The second kappa shape index (κ2) is 5.00. The highest BCUT2D eigenvalue weighted by molar-refractivity contribution is 7.99. The standard InChI is InChI=1S/C10H13NO2S/c1-7-3-4-9(11-6-7)14-8(2)5-10(12)13/h3-4,6,8H,5H2,1-2H3,(H,12,13). The van der Waals surface area contributed by atoms with Crippen LogP contribution >= 0.6 is 11.8 Å². The van der Waals surface area contributed by atoms with E-state index in [1.807, 2.05) is 26.0 Å². The van der Waals surface area contributed by atoms with Gasteiger partial charge >= 0.3 is 5.97 Å². The molecule has 0 bridgehead atoms. The molecule has 0 aromatic carbocycles. The van der Waals surface area contributed by atoms with Gasteiger partial charge in [-0.3, -0.25) is 4.79 Å². The molecule has 0 aliphatic rings. The topological polar surface area (TPSA) is 50.2 Å². The zero-order valence-electron chi connectivity index (χ0n) is 8.23. The normalized spacial score (nSPS) is 12.4. The van der Waals surface area contributed by atoms with Crippen LogP contribution in [0.25, 0.3) is 0 Å². The summed E-state index contributed by atoms with van der Waals surface area (Å²) in [5.74, 6) is -0.767. The van der Waals surface area contributed by atoms with Gasteiger partial charge < -0.3 is 5.11 Å². The van der Waals surface area contributed by atoms with Crippen molar-refractivity contribution in [1.29, 1.82) is 0 Å². The van der Waals surface area contributed by atoms with E-state index in [1.54, 1.807) is 6.20 Å². The van der Waals surface area contributed by atoms with Gasteiger partial charge in [0, 0.05) is 11.4 Å². The molecule has 1 atom stereocenters. The highest BCUT2D eigenvalue weighted by Crippen LogP contribution is 2.22. The van der Waals surface area contributed by atoms with Crippen LogP contribution in [0.4, 0.5) is 0 Å². The lowest BCUT2D eigenvalue weighted by molar-refractivity contribution is -0.136. The fourth-order valence-electron chi connectivity index (χ4n) is 1.02. The summed E-state index contributed by atoms with van der Waals surface area (Å²) < 4.78 is 0. The van der Waals surface area contributed by atoms with Crippen molar-refractivity contribution in [2.45, 2.75) is 30.5 Å². The summed E-state index contributed by atoms with van der Waals surface area (Å²) in [4.78, 5) is 14.6. The number of aryl methyl sites for hydroxylation is 1. The summed E-state index contributed by atoms with van der Waals surface area (Å²) in [5, 5.41) is 9.51. The molecular weight excluding hydrogens is 198 g/mol. The molecule has 0 spiro atoms. The number of hydrogen-bond acceptors (Lipinski definition) is 3. The van der Waals surface area contributed by atoms with Crippen LogP contribution in [-0.4, -0.2) is 21.3 Å². The van der Waals surface area contributed by atoms with E-state index in [1.165, 1.54) is 11.8 Å². The van der Waals surface area contributed by atoms with Gasteiger partial charge in [0.2, 0.25) is 0 Å². The smallest absolute Gasteiger partial charge is 0.304 e. The highest BCUT2D eigenvalue weighted by atomic mass is 32.2. The van der Waals surface area contributed by atoms with Crippen LogP contribution in [0.5, 0.6) is 0 Å². The van der Waals surface area contributed by atoms with E-state index >= 15 is 0 Å². The number of aromatic nitrogens is 1. The summed E-state index contributed by atoms with van der Waals surface area (Å²) >= 11 is 1.49. The molecule has 4 heteroatoms. The number of carboxylic acids is 1. The predicted molar refractivity (Wildman–Crippen MR) is 56.5 cm³/mol. The highest BCUT2D eigenvalue weighted by Gasteiger charge is 2.09. The van der Waals surface area contributed by atoms with Gasteiger partial charge in [0.15, 0.2) is 0 Å². The van der Waals surface area contributed by atoms with Crippen molar-refractivity contribution < 1.29 is 9.90 Å². The van der Waals surface area contributed by atoms with Crippen LogP contribution in [-0.2, 0) is 4.79 Å². The van der Waals surface area contributed by atoms with Crippen molar-refractivity contribution in [1.82, 2.24) is 4.98 Å². The second-order valence-electron chi connectivity index (χ2n) is 3.20. The molecule has 1 aromatic rings. The fraction of sp³-hybridized carbons (Fsp3) is 0.400. The van der Waals surface area contributed by atoms with Crippen molar-refractivity contribution in [3.63, 3.8) is 0 Å². The maximum atomic E-state index is 10.4. The predicted octanol–water partition coefficient (Wildman–Crippen LogP) is 2.35. The number of carbonyl (C=O) groups is 1. The number of pyridine rings is 1. The Bertz CT molecular complexity index is 310. The van der Waals surface area contributed by atoms with Gasteiger partial charge in [0.05, 0.1) is 11.4 Å². The monoisotopic (exact) mass is 211 g/mol. The molecule has 1 unspecified atom stereocenters. The lowest BCUT2D eigenvalue weighted by Crippen LogP contribution is -2.05. The third-order valence-corrected chi connectivity index (χ3v) is 2.72. The molecule has 76 valence electrons. The van der Waals surface area contributed by atoms with Crippen molar-refractivity contribution in [3.8, 4) is 0 Å². The van der Waals surface area contributed by atoms with E-state index in [0.29, 0.717) is 0 Å². The van der Waals surface area contributed by atoms with Crippen LogP contribution in [0.2, 0.25) is 0 Å². The first-order valence-electron chi connectivity index (χ1n) is 4.39. The maximum Gasteiger partial charge on any atom is 0.304 e. The van der Waals surface area contributed by atoms with Crippen LogP contribution < -0.4 is 0 Å². The van der Waals surface area contributed by atoms with E-state index < -0.39 is 5.97 Å². The van der Waals surface area contributed by atoms with Crippen LogP contribution in [0, 0.1) is 6.92 Å². The molecule has 3 nitrogen and oxygen atoms in total. The molecule has 14 heavy (non-hydrogen) atoms. The van der Waals surface area contributed by atoms with Gasteiger partial charge in [-0.15, -0.1) is 11.8 Å². The molecule has 0 aliphatic carbocycles. The van der Waals surface area contributed by atoms with E-state index in [2.05, 4.69) is 4.98 Å². The molecule has 0 aliphatic heterocycles. The first kappa shape index (κ1) is 11.0. The van der Waals surface area contributed by atoms with Crippen molar-refractivity contribution >= 4 is 17.7 Å². The number of rotatable bonds is 4. The van der Waals surface area contributed by atoms with E-state index in [4.69, 9.17) is 5.11 Å². The fourth-order valence-corrected chi connectivity index (χ4v) is 1.92. The minimum atomic E-state index is -0.767. The van der Waals surface area contributed by atoms with Crippen molar-refractivity contribution in [2.24, 2.45) is 0 Å². The zero-order chi connectivity index (χ0) is 10.6. The Balaban J connectivity index is 2.51. The Morgan fingerprint density at radius 1 is 1.64 bits per heavy atom. The van der Waals surface area contributed by atoms with Gasteiger partial charge in [-0.05, 0) is 18.6 Å². The van der Waals surface area contributed by atoms with Crippen molar-refractivity contribution in [2.75, 3.05) is 0 Å². The number of nitrogens with zero attached hydrogens (tertiary/aromatic N) is 1. The Kier molecular flexibility index (Phi) is 3.95. The lowest BCUT2D eigenvalue weighted by atomic mass is 10.3. The number of thioether (sulfide) groups is 1. The lowest BCUT2D eigenvalue weighted by Gasteiger charge is -2.07. The maximum absolute atomic E-state index is 10.4. The number of aliphatic carboxylic acids is 1. The Morgan fingerprint density at radius 2 is 2.36 bits per heavy atom. The van der Waals surface area contributed by atoms with E-state index in [0.717, 1.165) is 10.6 Å². The number of carboxylic acid groups (broad SMARTS) is 1. The molecule has 1 heterocycles. The minimum absolute atomic E-state index is 0.0581. The average molecular weight is 211 g/mol. The second-order valence-corrected chi connectivity index (χ2v) is 4.66.